The fourth-order valence-electron chi connectivity index (χ4n) is 2.23. The predicted octanol–water partition coefficient (Wildman–Crippen LogP) is 5.36. The second-order valence-electron chi connectivity index (χ2n) is 4.89. The van der Waals surface area contributed by atoms with Crippen LogP contribution in [0.5, 0.6) is 0 Å². The summed E-state index contributed by atoms with van der Waals surface area (Å²) in [6.07, 6.45) is 0. The number of nitrogens with zero attached hydrogens (tertiary/aromatic N) is 2. The lowest BCUT2D eigenvalue weighted by atomic mass is 10.1. The standard InChI is InChI=1S/C16H11Cl2FN2/c1-8-3-5-11(17)14-13(8)15(18)21-16(20-14)10-4-6-12(19)9(2)7-10/h3-7H,1-2H3. The van der Waals surface area contributed by atoms with Crippen molar-refractivity contribution in [2.24, 2.45) is 0 Å². The predicted molar refractivity (Wildman–Crippen MR) is 84.4 cm³/mol. The van der Waals surface area contributed by atoms with E-state index in [4.69, 9.17) is 23.2 Å². The minimum Gasteiger partial charge on any atom is -0.226 e. The third-order valence-electron chi connectivity index (χ3n) is 3.38. The summed E-state index contributed by atoms with van der Waals surface area (Å²) < 4.78 is 13.4. The third kappa shape index (κ3) is 2.47. The summed E-state index contributed by atoms with van der Waals surface area (Å²) in [6, 6.07) is 8.37. The fraction of sp³-hybridized carbons (Fsp3) is 0.125. The highest BCUT2D eigenvalue weighted by atomic mass is 35.5. The number of aryl methyl sites for hydroxylation is 2. The first-order chi connectivity index (χ1) is 9.97. The Morgan fingerprint density at radius 3 is 2.43 bits per heavy atom. The molecule has 0 spiro atoms. The zero-order valence-electron chi connectivity index (χ0n) is 11.4. The molecule has 0 fully saturated rings. The maximum atomic E-state index is 13.4. The van der Waals surface area contributed by atoms with Gasteiger partial charge in [0.05, 0.1) is 10.5 Å². The van der Waals surface area contributed by atoms with Crippen LogP contribution >= 0.6 is 23.2 Å². The van der Waals surface area contributed by atoms with Gasteiger partial charge in [-0.15, -0.1) is 0 Å². The number of aromatic nitrogens is 2. The average Bonchev–Trinajstić information content (AvgIpc) is 2.45. The van der Waals surface area contributed by atoms with Gasteiger partial charge in [-0.25, -0.2) is 14.4 Å². The average molecular weight is 321 g/mol. The second-order valence-corrected chi connectivity index (χ2v) is 5.66. The fourth-order valence-corrected chi connectivity index (χ4v) is 2.75. The Bertz CT molecular complexity index is 863. The number of hydrogen-bond acceptors (Lipinski definition) is 2. The minimum atomic E-state index is -0.264. The van der Waals surface area contributed by atoms with E-state index in [-0.39, 0.29) is 5.82 Å². The number of rotatable bonds is 1. The van der Waals surface area contributed by atoms with Gasteiger partial charge in [0.25, 0.3) is 0 Å². The lowest BCUT2D eigenvalue weighted by Crippen LogP contribution is -1.95. The highest BCUT2D eigenvalue weighted by molar-refractivity contribution is 6.38. The molecule has 0 aliphatic carbocycles. The van der Waals surface area contributed by atoms with Gasteiger partial charge >= 0.3 is 0 Å². The maximum absolute atomic E-state index is 13.4. The Kier molecular flexibility index (Phi) is 3.56. The van der Waals surface area contributed by atoms with Crippen LogP contribution in [0.4, 0.5) is 4.39 Å². The van der Waals surface area contributed by atoms with Crippen molar-refractivity contribution in [3.63, 3.8) is 0 Å². The Balaban J connectivity index is 2.30. The Morgan fingerprint density at radius 2 is 1.71 bits per heavy atom. The van der Waals surface area contributed by atoms with Gasteiger partial charge in [0.1, 0.15) is 11.0 Å². The van der Waals surface area contributed by atoms with Gasteiger partial charge in [0, 0.05) is 10.9 Å². The molecule has 0 bridgehead atoms. The molecule has 3 aromatic rings. The van der Waals surface area contributed by atoms with E-state index >= 15 is 0 Å². The van der Waals surface area contributed by atoms with Crippen LogP contribution in [0, 0.1) is 19.7 Å². The van der Waals surface area contributed by atoms with Crippen molar-refractivity contribution in [1.82, 2.24) is 9.97 Å². The van der Waals surface area contributed by atoms with Crippen LogP contribution in [-0.2, 0) is 0 Å². The van der Waals surface area contributed by atoms with Crippen molar-refractivity contribution in [2.75, 3.05) is 0 Å². The molecule has 0 saturated heterocycles. The Morgan fingerprint density at radius 1 is 0.952 bits per heavy atom. The van der Waals surface area contributed by atoms with E-state index in [0.29, 0.717) is 32.6 Å². The van der Waals surface area contributed by atoms with Crippen LogP contribution < -0.4 is 0 Å². The van der Waals surface area contributed by atoms with Crippen LogP contribution in [0.3, 0.4) is 0 Å². The molecule has 106 valence electrons. The van der Waals surface area contributed by atoms with E-state index in [1.807, 2.05) is 13.0 Å². The molecule has 2 aromatic carbocycles. The van der Waals surface area contributed by atoms with Gasteiger partial charge in [0.2, 0.25) is 0 Å². The number of fused-ring (bicyclic) bond motifs is 1. The van der Waals surface area contributed by atoms with Crippen molar-refractivity contribution in [2.45, 2.75) is 13.8 Å². The molecular weight excluding hydrogens is 310 g/mol. The molecule has 0 aliphatic heterocycles. The van der Waals surface area contributed by atoms with Crippen molar-refractivity contribution in [1.29, 1.82) is 0 Å². The molecule has 0 radical (unpaired) electrons. The minimum absolute atomic E-state index is 0.264. The molecule has 0 aliphatic rings. The molecule has 2 nitrogen and oxygen atoms in total. The van der Waals surface area contributed by atoms with E-state index in [1.165, 1.54) is 6.07 Å². The summed E-state index contributed by atoms with van der Waals surface area (Å²) in [6.45, 7) is 3.62. The Hall–Kier alpha value is -1.71. The van der Waals surface area contributed by atoms with Crippen molar-refractivity contribution in [3.05, 3.63) is 57.5 Å². The van der Waals surface area contributed by atoms with Gasteiger partial charge in [-0.2, -0.15) is 0 Å². The molecule has 0 unspecified atom stereocenters. The smallest absolute Gasteiger partial charge is 0.161 e. The van der Waals surface area contributed by atoms with Gasteiger partial charge in [0.15, 0.2) is 5.82 Å². The summed E-state index contributed by atoms with van der Waals surface area (Å²) in [5.41, 5.74) is 2.80. The molecule has 1 heterocycles. The highest BCUT2D eigenvalue weighted by Gasteiger charge is 2.13. The first kappa shape index (κ1) is 14.2. The number of hydrogen-bond donors (Lipinski definition) is 0. The zero-order valence-corrected chi connectivity index (χ0v) is 12.9. The lowest BCUT2D eigenvalue weighted by molar-refractivity contribution is 0.618. The highest BCUT2D eigenvalue weighted by Crippen LogP contribution is 2.31. The van der Waals surface area contributed by atoms with Gasteiger partial charge < -0.3 is 0 Å². The maximum Gasteiger partial charge on any atom is 0.161 e. The van der Waals surface area contributed by atoms with E-state index in [1.54, 1.807) is 25.1 Å². The van der Waals surface area contributed by atoms with E-state index < -0.39 is 0 Å². The van der Waals surface area contributed by atoms with E-state index in [2.05, 4.69) is 9.97 Å². The van der Waals surface area contributed by atoms with Gasteiger partial charge in [-0.1, -0.05) is 29.3 Å². The molecular formula is C16H11Cl2FN2. The molecule has 0 amide bonds. The third-order valence-corrected chi connectivity index (χ3v) is 3.96. The topological polar surface area (TPSA) is 25.8 Å². The van der Waals surface area contributed by atoms with Crippen LogP contribution in [-0.4, -0.2) is 9.97 Å². The van der Waals surface area contributed by atoms with Gasteiger partial charge in [-0.3, -0.25) is 0 Å². The molecule has 1 aromatic heterocycles. The van der Waals surface area contributed by atoms with Crippen LogP contribution in [0.15, 0.2) is 30.3 Å². The summed E-state index contributed by atoms with van der Waals surface area (Å²) in [4.78, 5) is 8.81. The van der Waals surface area contributed by atoms with Crippen molar-refractivity contribution in [3.8, 4) is 11.4 Å². The van der Waals surface area contributed by atoms with Crippen molar-refractivity contribution >= 4 is 34.1 Å². The molecule has 3 rings (SSSR count). The summed E-state index contributed by atoms with van der Waals surface area (Å²) in [5.74, 6) is 0.169. The molecule has 0 saturated carbocycles. The molecule has 0 atom stereocenters. The quantitative estimate of drug-likeness (QED) is 0.564. The van der Waals surface area contributed by atoms with Crippen LogP contribution in [0.2, 0.25) is 10.2 Å². The first-order valence-electron chi connectivity index (χ1n) is 6.36. The van der Waals surface area contributed by atoms with E-state index in [9.17, 15) is 4.39 Å². The molecule has 21 heavy (non-hydrogen) atoms. The lowest BCUT2D eigenvalue weighted by Gasteiger charge is -2.09. The monoisotopic (exact) mass is 320 g/mol. The summed E-state index contributed by atoms with van der Waals surface area (Å²) in [5, 5.41) is 1.60. The largest absolute Gasteiger partial charge is 0.226 e. The van der Waals surface area contributed by atoms with E-state index in [0.717, 1.165) is 10.9 Å². The first-order valence-corrected chi connectivity index (χ1v) is 7.12. The molecule has 5 heteroatoms. The number of halogens is 3. The van der Waals surface area contributed by atoms with Gasteiger partial charge in [-0.05, 0) is 49.2 Å². The Labute approximate surface area is 131 Å². The zero-order chi connectivity index (χ0) is 15.1. The summed E-state index contributed by atoms with van der Waals surface area (Å²) in [7, 11) is 0. The second kappa shape index (κ2) is 5.24. The summed E-state index contributed by atoms with van der Waals surface area (Å²) >= 11 is 12.5. The van der Waals surface area contributed by atoms with Crippen LogP contribution in [0.1, 0.15) is 11.1 Å². The normalized spacial score (nSPS) is 11.1. The number of benzene rings is 2. The van der Waals surface area contributed by atoms with Crippen LogP contribution in [0.25, 0.3) is 22.3 Å². The molecule has 0 N–H and O–H groups in total. The SMILES string of the molecule is Cc1cc(-c2nc(Cl)c3c(C)ccc(Cl)c3n2)ccc1F. The van der Waals surface area contributed by atoms with Crippen molar-refractivity contribution < 1.29 is 4.39 Å².